The molecule has 1 saturated heterocycles. The lowest BCUT2D eigenvalue weighted by Gasteiger charge is -2.34. The summed E-state index contributed by atoms with van der Waals surface area (Å²) in [5, 5.41) is 21.0. The van der Waals surface area contributed by atoms with Crippen LogP contribution in [-0.4, -0.2) is 62.8 Å². The second-order valence-electron chi connectivity index (χ2n) is 6.35. The quantitative estimate of drug-likeness (QED) is 0.397. The van der Waals surface area contributed by atoms with E-state index in [1.165, 1.54) is 5.01 Å². The normalized spacial score (nSPS) is 20.7. The van der Waals surface area contributed by atoms with Gasteiger partial charge in [0.1, 0.15) is 0 Å². The molecule has 2 aliphatic rings. The SMILES string of the molecule is CCC(CO)(CO)c1nc2c(nc1Cl)C(N1CCCC1)=NC(Cl)N2N. The summed E-state index contributed by atoms with van der Waals surface area (Å²) in [6.07, 6.45) is 2.58. The standard InChI is InChI=1S/C15H22Cl2N6O2/c1-2-15(7-24,8-25)10-11(16)19-9-12(22-5-3-4-6-22)21-14(17)23(18)13(9)20-10/h14,24-25H,2-8,18H2,1H3. The Morgan fingerprint density at radius 3 is 2.44 bits per heavy atom. The summed E-state index contributed by atoms with van der Waals surface area (Å²) < 4.78 is 0. The highest BCUT2D eigenvalue weighted by Gasteiger charge is 2.38. The van der Waals surface area contributed by atoms with Crippen LogP contribution in [0.3, 0.4) is 0 Å². The molecule has 0 aromatic carbocycles. The highest BCUT2D eigenvalue weighted by Crippen LogP contribution is 2.35. The molecule has 0 radical (unpaired) electrons. The molecule has 4 N–H and O–H groups in total. The van der Waals surface area contributed by atoms with E-state index in [1.54, 1.807) is 0 Å². The molecule has 0 spiro atoms. The first kappa shape index (κ1) is 18.6. The second-order valence-corrected chi connectivity index (χ2v) is 7.10. The first-order valence-corrected chi connectivity index (χ1v) is 9.09. The number of anilines is 1. The molecule has 1 aromatic heterocycles. The smallest absolute Gasteiger partial charge is 0.214 e. The van der Waals surface area contributed by atoms with Gasteiger partial charge in [-0.2, -0.15) is 0 Å². The van der Waals surface area contributed by atoms with Crippen molar-refractivity contribution >= 4 is 34.9 Å². The second kappa shape index (κ2) is 7.20. The van der Waals surface area contributed by atoms with E-state index in [0.717, 1.165) is 25.9 Å². The predicted molar refractivity (Wildman–Crippen MR) is 96.8 cm³/mol. The zero-order valence-electron chi connectivity index (χ0n) is 14.0. The molecule has 1 atom stereocenters. The topological polar surface area (TPSA) is 111 Å². The van der Waals surface area contributed by atoms with Crippen LogP contribution in [0, 0.1) is 0 Å². The van der Waals surface area contributed by atoms with E-state index < -0.39 is 11.0 Å². The van der Waals surface area contributed by atoms with Gasteiger partial charge in [-0.15, -0.1) is 0 Å². The van der Waals surface area contributed by atoms with Crippen molar-refractivity contribution in [3.05, 3.63) is 16.5 Å². The lowest BCUT2D eigenvalue weighted by molar-refractivity contribution is 0.110. The molecule has 3 heterocycles. The Balaban J connectivity index is 2.14. The van der Waals surface area contributed by atoms with Crippen molar-refractivity contribution in [2.24, 2.45) is 10.8 Å². The van der Waals surface area contributed by atoms with Crippen LogP contribution in [0.5, 0.6) is 0 Å². The van der Waals surface area contributed by atoms with Crippen molar-refractivity contribution in [1.82, 2.24) is 14.9 Å². The fourth-order valence-corrected chi connectivity index (χ4v) is 3.66. The Morgan fingerprint density at radius 2 is 1.88 bits per heavy atom. The van der Waals surface area contributed by atoms with E-state index in [-0.39, 0.29) is 18.4 Å². The fraction of sp³-hybridized carbons (Fsp3) is 0.667. The third-order valence-corrected chi connectivity index (χ3v) is 5.51. The Bertz CT molecular complexity index is 668. The molecule has 1 fully saturated rings. The molecular weight excluding hydrogens is 367 g/mol. The molecule has 138 valence electrons. The van der Waals surface area contributed by atoms with E-state index >= 15 is 0 Å². The first-order valence-electron chi connectivity index (χ1n) is 8.28. The van der Waals surface area contributed by atoms with Crippen LogP contribution in [0.4, 0.5) is 5.82 Å². The van der Waals surface area contributed by atoms with Crippen LogP contribution >= 0.6 is 23.2 Å². The minimum atomic E-state index is -0.996. The van der Waals surface area contributed by atoms with Crippen LogP contribution in [0.15, 0.2) is 4.99 Å². The van der Waals surface area contributed by atoms with Crippen molar-refractivity contribution < 1.29 is 10.2 Å². The number of hydrazine groups is 1. The van der Waals surface area contributed by atoms with Gasteiger partial charge in [0, 0.05) is 13.1 Å². The van der Waals surface area contributed by atoms with Crippen LogP contribution in [0.2, 0.25) is 5.15 Å². The highest BCUT2D eigenvalue weighted by molar-refractivity contribution is 6.30. The zero-order valence-corrected chi connectivity index (χ0v) is 15.5. The van der Waals surface area contributed by atoms with E-state index in [2.05, 4.69) is 19.9 Å². The largest absolute Gasteiger partial charge is 0.395 e. The van der Waals surface area contributed by atoms with Crippen molar-refractivity contribution in [2.45, 2.75) is 37.2 Å². The molecule has 0 saturated carbocycles. The van der Waals surface area contributed by atoms with Gasteiger partial charge in [-0.3, -0.25) is 5.01 Å². The lowest BCUT2D eigenvalue weighted by atomic mass is 9.83. The van der Waals surface area contributed by atoms with Gasteiger partial charge in [0.2, 0.25) is 5.62 Å². The van der Waals surface area contributed by atoms with Crippen LogP contribution in [0.25, 0.3) is 0 Å². The lowest BCUT2D eigenvalue weighted by Crippen LogP contribution is -2.46. The zero-order chi connectivity index (χ0) is 18.2. The summed E-state index contributed by atoms with van der Waals surface area (Å²) in [6.45, 7) is 2.94. The predicted octanol–water partition coefficient (Wildman–Crippen LogP) is 0.821. The van der Waals surface area contributed by atoms with Gasteiger partial charge in [-0.05, 0) is 19.3 Å². The number of halogens is 2. The van der Waals surface area contributed by atoms with Crippen LogP contribution in [-0.2, 0) is 5.41 Å². The first-order chi connectivity index (χ1) is 12.0. The minimum absolute atomic E-state index is 0.122. The summed E-state index contributed by atoms with van der Waals surface area (Å²) in [6, 6.07) is 0. The molecule has 2 aliphatic heterocycles. The average Bonchev–Trinajstić information content (AvgIpc) is 3.15. The molecule has 10 heteroatoms. The molecule has 0 amide bonds. The van der Waals surface area contributed by atoms with E-state index in [9.17, 15) is 10.2 Å². The number of hydrogen-bond acceptors (Lipinski definition) is 8. The molecule has 0 aliphatic carbocycles. The number of likely N-dealkylation sites (tertiary alicyclic amines) is 1. The Kier molecular flexibility index (Phi) is 5.36. The summed E-state index contributed by atoms with van der Waals surface area (Å²) in [7, 11) is 0. The number of fused-ring (bicyclic) bond motifs is 1. The Hall–Kier alpha value is -1.19. The number of aliphatic hydroxyl groups excluding tert-OH is 2. The maximum absolute atomic E-state index is 9.81. The molecule has 25 heavy (non-hydrogen) atoms. The number of amidine groups is 1. The monoisotopic (exact) mass is 388 g/mol. The Labute approximate surface area is 156 Å². The van der Waals surface area contributed by atoms with Crippen molar-refractivity contribution in [3.8, 4) is 0 Å². The number of rotatable bonds is 4. The van der Waals surface area contributed by atoms with Crippen LogP contribution < -0.4 is 10.9 Å². The van der Waals surface area contributed by atoms with Crippen molar-refractivity contribution in [3.63, 3.8) is 0 Å². The molecule has 0 bridgehead atoms. The molecule has 1 aromatic rings. The Morgan fingerprint density at radius 1 is 1.24 bits per heavy atom. The third kappa shape index (κ3) is 3.06. The van der Waals surface area contributed by atoms with Crippen molar-refractivity contribution in [1.29, 1.82) is 0 Å². The van der Waals surface area contributed by atoms with Gasteiger partial charge in [0.15, 0.2) is 22.5 Å². The molecule has 8 nitrogen and oxygen atoms in total. The van der Waals surface area contributed by atoms with Gasteiger partial charge in [0.05, 0.1) is 24.3 Å². The van der Waals surface area contributed by atoms with E-state index in [4.69, 9.17) is 29.0 Å². The highest BCUT2D eigenvalue weighted by atomic mass is 35.5. The van der Waals surface area contributed by atoms with Crippen molar-refractivity contribution in [2.75, 3.05) is 31.3 Å². The average molecular weight is 389 g/mol. The number of nitrogens with zero attached hydrogens (tertiary/aromatic N) is 5. The number of alkyl halides is 1. The molecule has 1 unspecified atom stereocenters. The molecular formula is C15H22Cl2N6O2. The fourth-order valence-electron chi connectivity index (χ4n) is 3.15. The summed E-state index contributed by atoms with van der Waals surface area (Å²) >= 11 is 12.6. The van der Waals surface area contributed by atoms with E-state index in [1.807, 2.05) is 6.92 Å². The number of aromatic nitrogens is 2. The summed E-state index contributed by atoms with van der Waals surface area (Å²) in [5.74, 6) is 7.02. The third-order valence-electron chi connectivity index (χ3n) is 4.94. The minimum Gasteiger partial charge on any atom is -0.395 e. The number of aliphatic imine (C=N–C) groups is 1. The van der Waals surface area contributed by atoms with Crippen LogP contribution in [0.1, 0.15) is 37.6 Å². The number of nitrogens with two attached hydrogens (primary N) is 1. The summed E-state index contributed by atoms with van der Waals surface area (Å²) in [4.78, 5) is 15.5. The maximum atomic E-state index is 9.81. The van der Waals surface area contributed by atoms with Gasteiger partial charge in [0.25, 0.3) is 0 Å². The molecule has 3 rings (SSSR count). The number of hydrogen-bond donors (Lipinski definition) is 3. The maximum Gasteiger partial charge on any atom is 0.214 e. The van der Waals surface area contributed by atoms with Gasteiger partial charge >= 0.3 is 0 Å². The van der Waals surface area contributed by atoms with Gasteiger partial charge < -0.3 is 15.1 Å². The van der Waals surface area contributed by atoms with E-state index in [0.29, 0.717) is 29.5 Å². The van der Waals surface area contributed by atoms with Gasteiger partial charge in [-0.1, -0.05) is 30.1 Å². The van der Waals surface area contributed by atoms with Gasteiger partial charge in [-0.25, -0.2) is 20.8 Å². The summed E-state index contributed by atoms with van der Waals surface area (Å²) in [5.41, 5.74) is -1.03. The number of aliphatic hydroxyl groups is 2.